The third-order valence-corrected chi connectivity index (χ3v) is 3.99. The van der Waals surface area contributed by atoms with Gasteiger partial charge in [-0.1, -0.05) is 51.1 Å². The third-order valence-electron chi connectivity index (χ3n) is 3.99. The molecule has 0 unspecified atom stereocenters. The minimum absolute atomic E-state index is 0.0265. The molecule has 1 amide bonds. The molecule has 0 aliphatic rings. The van der Waals surface area contributed by atoms with Crippen molar-refractivity contribution in [1.29, 1.82) is 0 Å². The van der Waals surface area contributed by atoms with Crippen molar-refractivity contribution < 1.29 is 4.79 Å². The molecule has 0 aliphatic carbocycles. The van der Waals surface area contributed by atoms with Gasteiger partial charge < -0.3 is 10.3 Å². The number of aromatic amines is 1. The van der Waals surface area contributed by atoms with E-state index in [2.05, 4.69) is 31.1 Å². The van der Waals surface area contributed by atoms with Gasteiger partial charge in [-0.2, -0.15) is 0 Å². The fourth-order valence-electron chi connectivity index (χ4n) is 2.84. The Morgan fingerprint density at radius 1 is 1.08 bits per heavy atom. The van der Waals surface area contributed by atoms with E-state index in [1.54, 1.807) is 0 Å². The van der Waals surface area contributed by atoms with Crippen molar-refractivity contribution in [3.8, 4) is 0 Å². The van der Waals surface area contributed by atoms with Gasteiger partial charge in [-0.05, 0) is 29.2 Å². The lowest BCUT2D eigenvalue weighted by Crippen LogP contribution is -2.27. The third kappa shape index (κ3) is 3.11. The number of fused-ring (bicyclic) bond motifs is 1. The molecule has 0 saturated heterocycles. The van der Waals surface area contributed by atoms with E-state index < -0.39 is 0 Å². The highest BCUT2D eigenvalue weighted by Gasteiger charge is 2.19. The van der Waals surface area contributed by atoms with Crippen molar-refractivity contribution in [2.45, 2.75) is 32.7 Å². The summed E-state index contributed by atoms with van der Waals surface area (Å²) in [5.41, 5.74) is 2.93. The lowest BCUT2D eigenvalue weighted by Gasteiger charge is -2.23. The SMILES string of the molecule is CC(C)(C)c1ccccc1NC(=O)Cn1c(=O)[nH]c2ccccc21. The molecule has 3 aromatic rings. The summed E-state index contributed by atoms with van der Waals surface area (Å²) >= 11 is 0. The number of amides is 1. The lowest BCUT2D eigenvalue weighted by atomic mass is 9.86. The van der Waals surface area contributed by atoms with Crippen LogP contribution < -0.4 is 11.0 Å². The van der Waals surface area contributed by atoms with Gasteiger partial charge in [-0.3, -0.25) is 9.36 Å². The molecule has 2 N–H and O–H groups in total. The molecular weight excluding hydrogens is 302 g/mol. The Balaban J connectivity index is 1.87. The van der Waals surface area contributed by atoms with E-state index in [-0.39, 0.29) is 23.6 Å². The van der Waals surface area contributed by atoms with Crippen molar-refractivity contribution in [3.63, 3.8) is 0 Å². The maximum atomic E-state index is 12.5. The molecule has 5 nitrogen and oxygen atoms in total. The predicted octanol–water partition coefficient (Wildman–Crippen LogP) is 3.27. The predicted molar refractivity (Wildman–Crippen MR) is 96.3 cm³/mol. The number of anilines is 1. The van der Waals surface area contributed by atoms with Crippen LogP contribution in [0.2, 0.25) is 0 Å². The number of benzene rings is 2. The molecule has 0 aliphatic heterocycles. The van der Waals surface area contributed by atoms with Gasteiger partial charge in [-0.15, -0.1) is 0 Å². The number of hydrogen-bond acceptors (Lipinski definition) is 2. The molecule has 1 heterocycles. The number of imidazole rings is 1. The molecule has 0 radical (unpaired) electrons. The summed E-state index contributed by atoms with van der Waals surface area (Å²) in [6.07, 6.45) is 0. The normalized spacial score (nSPS) is 11.6. The van der Waals surface area contributed by atoms with Gasteiger partial charge in [0.05, 0.1) is 11.0 Å². The van der Waals surface area contributed by atoms with E-state index in [1.165, 1.54) is 4.57 Å². The number of H-pyrrole nitrogens is 1. The molecule has 0 atom stereocenters. The summed E-state index contributed by atoms with van der Waals surface area (Å²) in [6.45, 7) is 6.27. The number of para-hydroxylation sites is 3. The fraction of sp³-hybridized carbons (Fsp3) is 0.263. The molecule has 0 fully saturated rings. The molecule has 0 spiro atoms. The molecule has 124 valence electrons. The molecular formula is C19H21N3O2. The van der Waals surface area contributed by atoms with Crippen LogP contribution in [0.4, 0.5) is 5.69 Å². The van der Waals surface area contributed by atoms with Crippen LogP contribution in [-0.4, -0.2) is 15.5 Å². The zero-order valence-corrected chi connectivity index (χ0v) is 14.1. The number of carbonyl (C=O) groups is 1. The number of hydrogen-bond donors (Lipinski definition) is 2. The second-order valence-corrected chi connectivity index (χ2v) is 6.88. The monoisotopic (exact) mass is 323 g/mol. The first-order valence-electron chi connectivity index (χ1n) is 7.93. The highest BCUT2D eigenvalue weighted by atomic mass is 16.2. The molecule has 5 heteroatoms. The van der Waals surface area contributed by atoms with E-state index in [9.17, 15) is 9.59 Å². The smallest absolute Gasteiger partial charge is 0.324 e. The van der Waals surface area contributed by atoms with Crippen LogP contribution in [0.5, 0.6) is 0 Å². The van der Waals surface area contributed by atoms with Crippen molar-refractivity contribution in [1.82, 2.24) is 9.55 Å². The molecule has 0 bridgehead atoms. The summed E-state index contributed by atoms with van der Waals surface area (Å²) in [7, 11) is 0. The molecule has 0 saturated carbocycles. The Kier molecular flexibility index (Phi) is 4.01. The molecule has 1 aromatic heterocycles. The average Bonchev–Trinajstić information content (AvgIpc) is 2.83. The minimum Gasteiger partial charge on any atom is -0.324 e. The number of nitrogens with zero attached hydrogens (tertiary/aromatic N) is 1. The van der Waals surface area contributed by atoms with Gasteiger partial charge in [0.25, 0.3) is 0 Å². The summed E-state index contributed by atoms with van der Waals surface area (Å²) in [5.74, 6) is -0.224. The maximum absolute atomic E-state index is 12.5. The van der Waals surface area contributed by atoms with Crippen LogP contribution in [0.25, 0.3) is 11.0 Å². The molecule has 3 rings (SSSR count). The quantitative estimate of drug-likeness (QED) is 0.777. The zero-order chi connectivity index (χ0) is 17.3. The van der Waals surface area contributed by atoms with Crippen LogP contribution in [-0.2, 0) is 16.8 Å². The Hall–Kier alpha value is -2.82. The van der Waals surface area contributed by atoms with E-state index in [4.69, 9.17) is 0 Å². The zero-order valence-electron chi connectivity index (χ0n) is 14.1. The van der Waals surface area contributed by atoms with Crippen LogP contribution in [0.3, 0.4) is 0 Å². The van der Waals surface area contributed by atoms with Crippen molar-refractivity contribution in [3.05, 3.63) is 64.6 Å². The van der Waals surface area contributed by atoms with Gasteiger partial charge in [0.2, 0.25) is 5.91 Å². The lowest BCUT2D eigenvalue weighted by molar-refractivity contribution is -0.116. The summed E-state index contributed by atoms with van der Waals surface area (Å²) in [5, 5.41) is 2.93. The number of rotatable bonds is 3. The van der Waals surface area contributed by atoms with Crippen molar-refractivity contribution >= 4 is 22.6 Å². The van der Waals surface area contributed by atoms with E-state index in [1.807, 2.05) is 48.5 Å². The van der Waals surface area contributed by atoms with E-state index in [0.717, 1.165) is 22.3 Å². The molecule has 2 aromatic carbocycles. The topological polar surface area (TPSA) is 66.9 Å². The second kappa shape index (κ2) is 6.00. The largest absolute Gasteiger partial charge is 0.326 e. The highest BCUT2D eigenvalue weighted by Crippen LogP contribution is 2.29. The van der Waals surface area contributed by atoms with Gasteiger partial charge >= 0.3 is 5.69 Å². The number of aromatic nitrogens is 2. The second-order valence-electron chi connectivity index (χ2n) is 6.88. The van der Waals surface area contributed by atoms with Crippen LogP contribution >= 0.6 is 0 Å². The average molecular weight is 323 g/mol. The Labute approximate surface area is 140 Å². The first-order chi connectivity index (χ1) is 11.4. The first-order valence-corrected chi connectivity index (χ1v) is 7.93. The number of nitrogens with one attached hydrogen (secondary N) is 2. The summed E-state index contributed by atoms with van der Waals surface area (Å²) < 4.78 is 1.45. The van der Waals surface area contributed by atoms with Crippen LogP contribution in [0.15, 0.2) is 53.3 Å². The highest BCUT2D eigenvalue weighted by molar-refractivity contribution is 5.92. The minimum atomic E-state index is -0.282. The van der Waals surface area contributed by atoms with Gasteiger partial charge in [-0.25, -0.2) is 4.79 Å². The fourth-order valence-corrected chi connectivity index (χ4v) is 2.84. The van der Waals surface area contributed by atoms with E-state index in [0.29, 0.717) is 0 Å². The van der Waals surface area contributed by atoms with Gasteiger partial charge in [0.1, 0.15) is 6.54 Å². The summed E-state index contributed by atoms with van der Waals surface area (Å²) in [6, 6.07) is 15.1. The van der Waals surface area contributed by atoms with Gasteiger partial charge in [0, 0.05) is 5.69 Å². The van der Waals surface area contributed by atoms with E-state index >= 15 is 0 Å². The Morgan fingerprint density at radius 3 is 2.50 bits per heavy atom. The van der Waals surface area contributed by atoms with Crippen LogP contribution in [0.1, 0.15) is 26.3 Å². The molecule has 24 heavy (non-hydrogen) atoms. The Morgan fingerprint density at radius 2 is 1.75 bits per heavy atom. The summed E-state index contributed by atoms with van der Waals surface area (Å²) in [4.78, 5) is 27.3. The Bertz CT molecular complexity index is 945. The first kappa shape index (κ1) is 16.1. The van der Waals surface area contributed by atoms with Crippen molar-refractivity contribution in [2.24, 2.45) is 0 Å². The maximum Gasteiger partial charge on any atom is 0.326 e. The van der Waals surface area contributed by atoms with Gasteiger partial charge in [0.15, 0.2) is 0 Å². The standard InChI is InChI=1S/C19H21N3O2/c1-19(2,3)13-8-4-5-9-14(13)20-17(23)12-22-16-11-7-6-10-15(16)21-18(22)24/h4-11H,12H2,1-3H3,(H,20,23)(H,21,24). The van der Waals surface area contributed by atoms with Crippen molar-refractivity contribution in [2.75, 3.05) is 5.32 Å². The number of carbonyl (C=O) groups excluding carboxylic acids is 1. The van der Waals surface area contributed by atoms with Crippen LogP contribution in [0, 0.1) is 0 Å².